The van der Waals surface area contributed by atoms with Crippen molar-refractivity contribution < 1.29 is 14.3 Å². The molecule has 1 aliphatic heterocycles. The fourth-order valence-corrected chi connectivity index (χ4v) is 7.14. The molecule has 1 unspecified atom stereocenters. The maximum Gasteiger partial charge on any atom is 0.214 e. The van der Waals surface area contributed by atoms with E-state index < -0.39 is 5.66 Å². The number of methoxy groups -OCH3 is 2. The Balaban J connectivity index is 1.57. The van der Waals surface area contributed by atoms with Gasteiger partial charge in [0.15, 0.2) is 17.3 Å². The van der Waals surface area contributed by atoms with Crippen LogP contribution in [0.1, 0.15) is 28.6 Å². The molecular formula is C30H29ClN6O3S. The molecule has 11 heteroatoms. The fraction of sp³-hybridized carbons (Fsp3) is 0.267. The Hall–Kier alpha value is -3.83. The average Bonchev–Trinajstić information content (AvgIpc) is 3.65. The average molecular weight is 589 g/mol. The summed E-state index contributed by atoms with van der Waals surface area (Å²) in [4.78, 5) is 26.6. The number of aromatic nitrogens is 4. The standard InChI is InChI=1S/C30H29ClN6O3S/c1-18(38)30(32,37-17-33-16-34-37)28-27(31)25(20-9-10-22(39-2)23(13-20)40-3)26-21-11-12-36(14-19-7-5-4-6-8-19)15-24(21)41-29(26)35-28/h4-10,13,16-17H,11-12,14-15,32H2,1-3H3. The normalized spacial score (nSPS) is 15.0. The summed E-state index contributed by atoms with van der Waals surface area (Å²) in [5.74, 6) is 0.791. The lowest BCUT2D eigenvalue weighted by atomic mass is 9.92. The number of carbonyl (C=O) groups is 1. The van der Waals surface area contributed by atoms with E-state index in [2.05, 4.69) is 39.2 Å². The molecule has 5 aromatic rings. The number of rotatable bonds is 8. The lowest BCUT2D eigenvalue weighted by Gasteiger charge is -2.28. The van der Waals surface area contributed by atoms with Gasteiger partial charge in [-0.05, 0) is 42.2 Å². The van der Waals surface area contributed by atoms with E-state index in [1.807, 2.05) is 24.3 Å². The van der Waals surface area contributed by atoms with E-state index in [0.717, 1.165) is 47.4 Å². The van der Waals surface area contributed by atoms with Crippen molar-refractivity contribution in [3.63, 3.8) is 0 Å². The van der Waals surface area contributed by atoms with Crippen molar-refractivity contribution >= 4 is 38.9 Å². The molecule has 210 valence electrons. The van der Waals surface area contributed by atoms with Crippen LogP contribution in [0.3, 0.4) is 0 Å². The second-order valence-corrected chi connectivity index (χ2v) is 11.5. The molecule has 2 aromatic carbocycles. The van der Waals surface area contributed by atoms with E-state index in [9.17, 15) is 4.79 Å². The highest BCUT2D eigenvalue weighted by atomic mass is 35.5. The second kappa shape index (κ2) is 10.9. The van der Waals surface area contributed by atoms with Gasteiger partial charge in [0.2, 0.25) is 5.66 Å². The minimum Gasteiger partial charge on any atom is -0.493 e. The van der Waals surface area contributed by atoms with Crippen LogP contribution >= 0.6 is 22.9 Å². The van der Waals surface area contributed by atoms with Crippen LogP contribution in [0, 0.1) is 0 Å². The molecule has 0 saturated carbocycles. The topological polar surface area (TPSA) is 108 Å². The van der Waals surface area contributed by atoms with Crippen molar-refractivity contribution in [2.24, 2.45) is 5.73 Å². The van der Waals surface area contributed by atoms with Crippen molar-refractivity contribution in [1.82, 2.24) is 24.6 Å². The predicted octanol–water partition coefficient (Wildman–Crippen LogP) is 5.03. The number of hydrogen-bond donors (Lipinski definition) is 1. The summed E-state index contributed by atoms with van der Waals surface area (Å²) in [6.07, 6.45) is 3.57. The molecule has 4 heterocycles. The van der Waals surface area contributed by atoms with Crippen LogP contribution in [0.25, 0.3) is 21.3 Å². The summed E-state index contributed by atoms with van der Waals surface area (Å²) in [5, 5.41) is 5.45. The monoisotopic (exact) mass is 588 g/mol. The van der Waals surface area contributed by atoms with Crippen LogP contribution in [0.5, 0.6) is 11.5 Å². The van der Waals surface area contributed by atoms with Gasteiger partial charge < -0.3 is 9.47 Å². The van der Waals surface area contributed by atoms with Gasteiger partial charge >= 0.3 is 0 Å². The summed E-state index contributed by atoms with van der Waals surface area (Å²) in [6.45, 7) is 3.94. The van der Waals surface area contributed by atoms with Gasteiger partial charge in [-0.2, -0.15) is 5.10 Å². The molecule has 0 amide bonds. The van der Waals surface area contributed by atoms with Crippen LogP contribution in [0.15, 0.2) is 61.2 Å². The fourth-order valence-electron chi connectivity index (χ4n) is 5.48. The van der Waals surface area contributed by atoms with Crippen LogP contribution in [0.4, 0.5) is 0 Å². The highest BCUT2D eigenvalue weighted by Crippen LogP contribution is 2.47. The molecular weight excluding hydrogens is 560 g/mol. The smallest absolute Gasteiger partial charge is 0.214 e. The Bertz CT molecular complexity index is 1740. The summed E-state index contributed by atoms with van der Waals surface area (Å²) in [5.41, 5.74) is 9.32. The SMILES string of the molecule is COc1ccc(-c2c(Cl)c(C(N)(C(C)=O)n3cncn3)nc3sc4c(c23)CCN(Cc2ccccc2)C4)cc1OC. The minimum atomic E-state index is -1.75. The van der Waals surface area contributed by atoms with Crippen molar-refractivity contribution in [3.05, 3.63) is 87.9 Å². The number of carbonyl (C=O) groups excluding carboxylic acids is 1. The predicted molar refractivity (Wildman–Crippen MR) is 159 cm³/mol. The molecule has 1 atom stereocenters. The van der Waals surface area contributed by atoms with E-state index in [4.69, 9.17) is 31.8 Å². The van der Waals surface area contributed by atoms with Crippen LogP contribution in [-0.2, 0) is 30.0 Å². The lowest BCUT2D eigenvalue weighted by Crippen LogP contribution is -2.51. The Morgan fingerprint density at radius 2 is 1.93 bits per heavy atom. The molecule has 41 heavy (non-hydrogen) atoms. The Labute approximate surface area is 246 Å². The molecule has 0 fully saturated rings. The highest BCUT2D eigenvalue weighted by Gasteiger charge is 2.42. The number of ketones is 1. The highest BCUT2D eigenvalue weighted by molar-refractivity contribution is 7.19. The molecule has 1 aliphatic rings. The first-order chi connectivity index (χ1) is 19.8. The van der Waals surface area contributed by atoms with Gasteiger partial charge in [-0.15, -0.1) is 11.3 Å². The number of pyridine rings is 1. The van der Waals surface area contributed by atoms with E-state index in [0.29, 0.717) is 11.5 Å². The number of hydrogen-bond acceptors (Lipinski definition) is 9. The molecule has 0 saturated heterocycles. The summed E-state index contributed by atoms with van der Waals surface area (Å²) in [7, 11) is 3.19. The second-order valence-electron chi connectivity index (χ2n) is 10.0. The Morgan fingerprint density at radius 1 is 1.15 bits per heavy atom. The van der Waals surface area contributed by atoms with E-state index in [1.54, 1.807) is 25.6 Å². The van der Waals surface area contributed by atoms with Crippen molar-refractivity contribution in [2.45, 2.75) is 32.1 Å². The number of Topliss-reactive ketones (excluding diaryl/α,β-unsaturated/α-hetero) is 1. The van der Waals surface area contributed by atoms with Gasteiger partial charge in [-0.3, -0.25) is 15.4 Å². The zero-order valence-electron chi connectivity index (χ0n) is 22.9. The molecule has 2 N–H and O–H groups in total. The first-order valence-corrected chi connectivity index (χ1v) is 14.3. The Morgan fingerprint density at radius 3 is 2.61 bits per heavy atom. The first kappa shape index (κ1) is 27.3. The largest absolute Gasteiger partial charge is 0.493 e. The zero-order valence-corrected chi connectivity index (χ0v) is 24.5. The molecule has 3 aromatic heterocycles. The van der Waals surface area contributed by atoms with Gasteiger partial charge in [0, 0.05) is 35.5 Å². The quantitative estimate of drug-likeness (QED) is 0.269. The van der Waals surface area contributed by atoms with Gasteiger partial charge in [0.1, 0.15) is 23.2 Å². The molecule has 0 bridgehead atoms. The third-order valence-corrected chi connectivity index (χ3v) is 9.09. The lowest BCUT2D eigenvalue weighted by molar-refractivity contribution is -0.124. The first-order valence-electron chi connectivity index (χ1n) is 13.1. The number of nitrogens with zero attached hydrogens (tertiary/aromatic N) is 5. The van der Waals surface area contributed by atoms with E-state index in [1.165, 1.54) is 40.3 Å². The molecule has 0 spiro atoms. The van der Waals surface area contributed by atoms with Crippen LogP contribution < -0.4 is 15.2 Å². The number of benzene rings is 2. The summed E-state index contributed by atoms with van der Waals surface area (Å²) >= 11 is 8.85. The third-order valence-electron chi connectivity index (χ3n) is 7.61. The third kappa shape index (κ3) is 4.66. The maximum atomic E-state index is 13.1. The molecule has 9 nitrogen and oxygen atoms in total. The van der Waals surface area contributed by atoms with Crippen molar-refractivity contribution in [3.8, 4) is 22.6 Å². The number of ether oxygens (including phenoxy) is 2. The van der Waals surface area contributed by atoms with E-state index >= 15 is 0 Å². The van der Waals surface area contributed by atoms with Crippen LogP contribution in [0.2, 0.25) is 5.02 Å². The van der Waals surface area contributed by atoms with Gasteiger partial charge in [0.25, 0.3) is 0 Å². The molecule has 0 radical (unpaired) electrons. The maximum absolute atomic E-state index is 13.1. The zero-order chi connectivity index (χ0) is 28.7. The van der Waals surface area contributed by atoms with Gasteiger partial charge in [0.05, 0.1) is 19.2 Å². The summed E-state index contributed by atoms with van der Waals surface area (Å²) < 4.78 is 12.4. The number of halogens is 1. The van der Waals surface area contributed by atoms with Gasteiger partial charge in [-0.1, -0.05) is 48.0 Å². The van der Waals surface area contributed by atoms with Crippen LogP contribution in [-0.4, -0.2) is 51.2 Å². The molecule has 6 rings (SSSR count). The Kier molecular flexibility index (Phi) is 7.25. The summed E-state index contributed by atoms with van der Waals surface area (Å²) in [6, 6.07) is 16.1. The minimum absolute atomic E-state index is 0.217. The van der Waals surface area contributed by atoms with E-state index in [-0.39, 0.29) is 16.5 Å². The van der Waals surface area contributed by atoms with Crippen molar-refractivity contribution in [2.75, 3.05) is 20.8 Å². The number of thiophene rings is 1. The van der Waals surface area contributed by atoms with Gasteiger partial charge in [-0.25, -0.2) is 14.6 Å². The van der Waals surface area contributed by atoms with Crippen molar-refractivity contribution in [1.29, 1.82) is 0 Å². The number of fused-ring (bicyclic) bond motifs is 3. The molecule has 0 aliphatic carbocycles. The number of nitrogens with two attached hydrogens (primary N) is 1.